The summed E-state index contributed by atoms with van der Waals surface area (Å²) in [5.74, 6) is -0.153. The maximum absolute atomic E-state index is 13.6. The highest BCUT2D eigenvalue weighted by molar-refractivity contribution is 9.10. The van der Waals surface area contributed by atoms with E-state index in [0.29, 0.717) is 15.8 Å². The number of ether oxygens (including phenoxy) is 1. The Morgan fingerprint density at radius 3 is 2.75 bits per heavy atom. The molecular formula is C15H13BrFNO2. The third-order valence-electron chi connectivity index (χ3n) is 2.69. The number of amides is 1. The highest BCUT2D eigenvalue weighted by Crippen LogP contribution is 2.19. The van der Waals surface area contributed by atoms with Crippen LogP contribution >= 0.6 is 15.9 Å². The molecule has 0 unspecified atom stereocenters. The monoisotopic (exact) mass is 337 g/mol. The molecule has 3 nitrogen and oxygen atoms in total. The SMILES string of the molecule is NC(=O)Cc1cccc(OCc2ccc(Br)cc2F)c1. The van der Waals surface area contributed by atoms with Crippen molar-refractivity contribution in [1.29, 1.82) is 0 Å². The smallest absolute Gasteiger partial charge is 0.221 e. The fourth-order valence-electron chi connectivity index (χ4n) is 1.75. The topological polar surface area (TPSA) is 52.3 Å². The van der Waals surface area contributed by atoms with Gasteiger partial charge in [0.2, 0.25) is 5.91 Å². The number of nitrogens with two attached hydrogens (primary N) is 1. The van der Waals surface area contributed by atoms with Crippen LogP contribution < -0.4 is 10.5 Å². The van der Waals surface area contributed by atoms with Crippen molar-refractivity contribution in [3.05, 3.63) is 63.9 Å². The standard InChI is InChI=1S/C15H13BrFNO2/c16-12-5-4-11(14(17)8-12)9-20-13-3-1-2-10(6-13)7-15(18)19/h1-6,8H,7,9H2,(H2,18,19). The highest BCUT2D eigenvalue weighted by atomic mass is 79.9. The van der Waals surface area contributed by atoms with Gasteiger partial charge in [-0.05, 0) is 29.8 Å². The van der Waals surface area contributed by atoms with Crippen molar-refractivity contribution >= 4 is 21.8 Å². The van der Waals surface area contributed by atoms with Gasteiger partial charge in [-0.3, -0.25) is 4.79 Å². The molecule has 1 amide bonds. The molecule has 0 aromatic heterocycles. The van der Waals surface area contributed by atoms with Crippen LogP contribution in [0.15, 0.2) is 46.9 Å². The number of hydrogen-bond acceptors (Lipinski definition) is 2. The summed E-state index contributed by atoms with van der Waals surface area (Å²) >= 11 is 3.20. The quantitative estimate of drug-likeness (QED) is 0.910. The summed E-state index contributed by atoms with van der Waals surface area (Å²) in [6.07, 6.45) is 0.157. The van der Waals surface area contributed by atoms with E-state index in [-0.39, 0.29) is 18.8 Å². The van der Waals surface area contributed by atoms with Gasteiger partial charge < -0.3 is 10.5 Å². The molecule has 20 heavy (non-hydrogen) atoms. The second kappa shape index (κ2) is 6.52. The Hall–Kier alpha value is -1.88. The Labute approximate surface area is 124 Å². The van der Waals surface area contributed by atoms with Gasteiger partial charge in [-0.25, -0.2) is 4.39 Å². The third-order valence-corrected chi connectivity index (χ3v) is 3.18. The number of hydrogen-bond donors (Lipinski definition) is 1. The predicted molar refractivity (Wildman–Crippen MR) is 77.8 cm³/mol. The van der Waals surface area contributed by atoms with E-state index in [1.165, 1.54) is 6.07 Å². The summed E-state index contributed by atoms with van der Waals surface area (Å²) < 4.78 is 19.8. The number of benzene rings is 2. The zero-order valence-corrected chi connectivity index (χ0v) is 12.2. The molecule has 2 aromatic carbocycles. The summed E-state index contributed by atoms with van der Waals surface area (Å²) in [5.41, 5.74) is 6.38. The van der Waals surface area contributed by atoms with Gasteiger partial charge in [0.05, 0.1) is 6.42 Å². The molecule has 104 valence electrons. The van der Waals surface area contributed by atoms with Crippen molar-refractivity contribution < 1.29 is 13.9 Å². The number of carbonyl (C=O) groups is 1. The average molecular weight is 338 g/mol. The summed E-state index contributed by atoms with van der Waals surface area (Å²) in [7, 11) is 0. The number of halogens is 2. The van der Waals surface area contributed by atoms with Crippen LogP contribution in [0.5, 0.6) is 5.75 Å². The van der Waals surface area contributed by atoms with Gasteiger partial charge in [0.25, 0.3) is 0 Å². The molecule has 0 bridgehead atoms. The molecule has 2 aromatic rings. The largest absolute Gasteiger partial charge is 0.489 e. The molecule has 0 saturated heterocycles. The first-order chi connectivity index (χ1) is 9.54. The van der Waals surface area contributed by atoms with Gasteiger partial charge in [-0.1, -0.05) is 34.1 Å². The molecule has 0 aliphatic carbocycles. The Kier molecular flexibility index (Phi) is 4.74. The Bertz CT molecular complexity index is 631. The minimum Gasteiger partial charge on any atom is -0.489 e. The van der Waals surface area contributed by atoms with Gasteiger partial charge >= 0.3 is 0 Å². The highest BCUT2D eigenvalue weighted by Gasteiger charge is 2.05. The van der Waals surface area contributed by atoms with Gasteiger partial charge in [0.1, 0.15) is 18.2 Å². The lowest BCUT2D eigenvalue weighted by atomic mass is 10.1. The van der Waals surface area contributed by atoms with Crippen LogP contribution in [-0.2, 0) is 17.8 Å². The van der Waals surface area contributed by atoms with Crippen molar-refractivity contribution in [1.82, 2.24) is 0 Å². The van der Waals surface area contributed by atoms with Crippen LogP contribution in [0.3, 0.4) is 0 Å². The summed E-state index contributed by atoms with van der Waals surface area (Å²) in [4.78, 5) is 10.9. The molecule has 0 aliphatic rings. The van der Waals surface area contributed by atoms with E-state index in [2.05, 4.69) is 15.9 Å². The lowest BCUT2D eigenvalue weighted by Crippen LogP contribution is -2.13. The van der Waals surface area contributed by atoms with E-state index in [1.54, 1.807) is 36.4 Å². The van der Waals surface area contributed by atoms with Gasteiger partial charge in [-0.2, -0.15) is 0 Å². The minimum absolute atomic E-state index is 0.124. The third kappa shape index (κ3) is 4.06. The van der Waals surface area contributed by atoms with E-state index in [4.69, 9.17) is 10.5 Å². The van der Waals surface area contributed by atoms with Crippen LogP contribution in [0.2, 0.25) is 0 Å². The molecule has 0 fully saturated rings. The molecule has 5 heteroatoms. The Morgan fingerprint density at radius 2 is 2.05 bits per heavy atom. The maximum Gasteiger partial charge on any atom is 0.221 e. The molecule has 2 rings (SSSR count). The molecule has 0 spiro atoms. The summed E-state index contributed by atoms with van der Waals surface area (Å²) in [5, 5.41) is 0. The first kappa shape index (κ1) is 14.5. The zero-order valence-electron chi connectivity index (χ0n) is 10.6. The summed E-state index contributed by atoms with van der Waals surface area (Å²) in [6, 6.07) is 11.8. The maximum atomic E-state index is 13.6. The molecule has 0 aliphatic heterocycles. The van der Waals surface area contributed by atoms with Crippen molar-refractivity contribution in [3.8, 4) is 5.75 Å². The Morgan fingerprint density at radius 1 is 1.25 bits per heavy atom. The predicted octanol–water partition coefficient (Wildman–Crippen LogP) is 3.20. The van der Waals surface area contributed by atoms with Crippen molar-refractivity contribution in [2.45, 2.75) is 13.0 Å². The molecule has 0 heterocycles. The summed E-state index contributed by atoms with van der Waals surface area (Å²) in [6.45, 7) is 0.124. The number of primary amides is 1. The zero-order chi connectivity index (χ0) is 14.5. The lowest BCUT2D eigenvalue weighted by molar-refractivity contribution is -0.117. The average Bonchev–Trinajstić information content (AvgIpc) is 2.37. The number of carbonyl (C=O) groups excluding carboxylic acids is 1. The van der Waals surface area contributed by atoms with Crippen LogP contribution in [0.25, 0.3) is 0 Å². The first-order valence-corrected chi connectivity index (χ1v) is 6.78. The van der Waals surface area contributed by atoms with E-state index in [0.717, 1.165) is 5.56 Å². The molecule has 0 atom stereocenters. The lowest BCUT2D eigenvalue weighted by Gasteiger charge is -2.08. The fraction of sp³-hybridized carbons (Fsp3) is 0.133. The van der Waals surface area contributed by atoms with Crippen molar-refractivity contribution in [3.63, 3.8) is 0 Å². The van der Waals surface area contributed by atoms with Gasteiger partial charge in [0, 0.05) is 10.0 Å². The first-order valence-electron chi connectivity index (χ1n) is 5.98. The minimum atomic E-state index is -0.402. The fourth-order valence-corrected chi connectivity index (χ4v) is 2.08. The molecule has 0 radical (unpaired) electrons. The van der Waals surface area contributed by atoms with E-state index in [9.17, 15) is 9.18 Å². The van der Waals surface area contributed by atoms with Crippen molar-refractivity contribution in [2.75, 3.05) is 0 Å². The number of rotatable bonds is 5. The van der Waals surface area contributed by atoms with Crippen LogP contribution in [0.1, 0.15) is 11.1 Å². The normalized spacial score (nSPS) is 10.3. The van der Waals surface area contributed by atoms with Crippen LogP contribution in [0.4, 0.5) is 4.39 Å². The Balaban J connectivity index is 2.05. The van der Waals surface area contributed by atoms with E-state index < -0.39 is 5.91 Å². The van der Waals surface area contributed by atoms with Gasteiger partial charge in [0.15, 0.2) is 0 Å². The van der Waals surface area contributed by atoms with Crippen molar-refractivity contribution in [2.24, 2.45) is 5.73 Å². The second-order valence-corrected chi connectivity index (χ2v) is 5.23. The second-order valence-electron chi connectivity index (χ2n) is 4.31. The van der Waals surface area contributed by atoms with E-state index >= 15 is 0 Å². The van der Waals surface area contributed by atoms with E-state index in [1.807, 2.05) is 0 Å². The van der Waals surface area contributed by atoms with Crippen LogP contribution in [-0.4, -0.2) is 5.91 Å². The molecular weight excluding hydrogens is 325 g/mol. The molecule has 2 N–H and O–H groups in total. The van der Waals surface area contributed by atoms with Crippen LogP contribution in [0, 0.1) is 5.82 Å². The molecule has 0 saturated carbocycles. The van der Waals surface area contributed by atoms with Gasteiger partial charge in [-0.15, -0.1) is 0 Å².